The normalized spacial score (nSPS) is 22.8. The van der Waals surface area contributed by atoms with Gasteiger partial charge in [0.05, 0.1) is 6.26 Å². The zero-order valence-electron chi connectivity index (χ0n) is 11.5. The van der Waals surface area contributed by atoms with Gasteiger partial charge in [0.2, 0.25) is 10.0 Å². The highest BCUT2D eigenvalue weighted by molar-refractivity contribution is 7.88. The average Bonchev–Trinajstić information content (AvgIpc) is 3.12. The molecule has 2 heterocycles. The third kappa shape index (κ3) is 2.56. The minimum Gasteiger partial charge on any atom is -0.329 e. The van der Waals surface area contributed by atoms with Crippen molar-refractivity contribution in [1.82, 2.24) is 13.9 Å². The molecule has 0 aromatic carbocycles. The van der Waals surface area contributed by atoms with Gasteiger partial charge in [-0.15, -0.1) is 0 Å². The van der Waals surface area contributed by atoms with Crippen LogP contribution in [0.3, 0.4) is 0 Å². The molecule has 0 N–H and O–H groups in total. The highest BCUT2D eigenvalue weighted by atomic mass is 32.2. The van der Waals surface area contributed by atoms with Crippen LogP contribution in [-0.4, -0.2) is 41.6 Å². The molecule has 0 spiro atoms. The van der Waals surface area contributed by atoms with E-state index in [1.54, 1.807) is 4.31 Å². The van der Waals surface area contributed by atoms with Gasteiger partial charge >= 0.3 is 0 Å². The molecule has 3 rings (SSSR count). The molecule has 0 unspecified atom stereocenters. The Morgan fingerprint density at radius 2 is 1.84 bits per heavy atom. The number of imidazole rings is 1. The molecular weight excluding hydrogens is 262 g/mol. The van der Waals surface area contributed by atoms with E-state index in [0.717, 1.165) is 12.8 Å². The Morgan fingerprint density at radius 3 is 2.37 bits per heavy atom. The van der Waals surface area contributed by atoms with Gasteiger partial charge in [-0.3, -0.25) is 0 Å². The summed E-state index contributed by atoms with van der Waals surface area (Å²) in [6, 6.07) is 0.413. The van der Waals surface area contributed by atoms with Crippen molar-refractivity contribution in [3.8, 4) is 0 Å². The Hall–Kier alpha value is -0.880. The van der Waals surface area contributed by atoms with Gasteiger partial charge < -0.3 is 4.57 Å². The molecule has 5 nitrogen and oxygen atoms in total. The Bertz CT molecular complexity index is 567. The minimum atomic E-state index is -3.03. The zero-order chi connectivity index (χ0) is 13.6. The Labute approximate surface area is 114 Å². The lowest BCUT2D eigenvalue weighted by Crippen LogP contribution is -2.38. The van der Waals surface area contributed by atoms with Crippen LogP contribution in [0.4, 0.5) is 0 Å². The van der Waals surface area contributed by atoms with Crippen LogP contribution in [0.25, 0.3) is 0 Å². The second-order valence-corrected chi connectivity index (χ2v) is 7.78. The molecule has 1 aliphatic carbocycles. The topological polar surface area (TPSA) is 55.2 Å². The first-order valence-corrected chi connectivity index (χ1v) is 8.80. The number of hydrogen-bond acceptors (Lipinski definition) is 3. The van der Waals surface area contributed by atoms with Gasteiger partial charge in [0.15, 0.2) is 0 Å². The lowest BCUT2D eigenvalue weighted by atomic mass is 10.1. The summed E-state index contributed by atoms with van der Waals surface area (Å²) in [6.45, 7) is 3.36. The summed E-state index contributed by atoms with van der Waals surface area (Å²) in [5, 5.41) is 0. The molecule has 1 aliphatic heterocycles. The van der Waals surface area contributed by atoms with Crippen molar-refractivity contribution >= 4 is 10.0 Å². The molecule has 1 aromatic rings. The van der Waals surface area contributed by atoms with E-state index in [2.05, 4.69) is 16.5 Å². The number of piperidine rings is 1. The lowest BCUT2D eigenvalue weighted by Gasteiger charge is -2.32. The van der Waals surface area contributed by atoms with Crippen LogP contribution in [0.5, 0.6) is 0 Å². The summed E-state index contributed by atoms with van der Waals surface area (Å²) < 4.78 is 27.0. The fourth-order valence-electron chi connectivity index (χ4n) is 3.02. The predicted octanol–water partition coefficient (Wildman–Crippen LogP) is 1.67. The lowest BCUT2D eigenvalue weighted by molar-refractivity contribution is 0.269. The van der Waals surface area contributed by atoms with Crippen molar-refractivity contribution in [2.75, 3.05) is 19.3 Å². The van der Waals surface area contributed by atoms with E-state index in [0.29, 0.717) is 25.0 Å². The van der Waals surface area contributed by atoms with Crippen LogP contribution in [0.1, 0.15) is 49.2 Å². The van der Waals surface area contributed by atoms with E-state index in [1.807, 2.05) is 6.20 Å². The van der Waals surface area contributed by atoms with E-state index in [-0.39, 0.29) is 0 Å². The Morgan fingerprint density at radius 1 is 1.21 bits per heavy atom. The molecule has 6 heteroatoms. The van der Waals surface area contributed by atoms with Crippen molar-refractivity contribution in [2.45, 2.75) is 44.6 Å². The standard InChI is InChI=1S/C13H21N3O2S/c1-10-9-14-13(11-3-4-11)16(10)12-5-7-15(8-6-12)19(2,17)18/h9,11-12H,3-8H2,1-2H3. The molecule has 19 heavy (non-hydrogen) atoms. The summed E-state index contributed by atoms with van der Waals surface area (Å²) >= 11 is 0. The van der Waals surface area contributed by atoms with E-state index < -0.39 is 10.0 Å². The maximum atomic E-state index is 11.5. The molecule has 106 valence electrons. The van der Waals surface area contributed by atoms with Crippen LogP contribution in [0, 0.1) is 6.92 Å². The van der Waals surface area contributed by atoms with Crippen LogP contribution >= 0.6 is 0 Å². The maximum absolute atomic E-state index is 11.5. The molecule has 0 amide bonds. The smallest absolute Gasteiger partial charge is 0.211 e. The monoisotopic (exact) mass is 283 g/mol. The summed E-state index contributed by atoms with van der Waals surface area (Å²) in [4.78, 5) is 4.55. The summed E-state index contributed by atoms with van der Waals surface area (Å²) in [7, 11) is -3.03. The van der Waals surface area contributed by atoms with Gasteiger partial charge in [-0.1, -0.05) is 0 Å². The maximum Gasteiger partial charge on any atom is 0.211 e. The van der Waals surface area contributed by atoms with Gasteiger partial charge in [0.1, 0.15) is 5.82 Å². The van der Waals surface area contributed by atoms with Crippen molar-refractivity contribution in [2.24, 2.45) is 0 Å². The van der Waals surface area contributed by atoms with Crippen molar-refractivity contribution in [3.05, 3.63) is 17.7 Å². The quantitative estimate of drug-likeness (QED) is 0.848. The molecule has 1 saturated heterocycles. The molecule has 0 bridgehead atoms. The number of aryl methyl sites for hydroxylation is 1. The van der Waals surface area contributed by atoms with Crippen molar-refractivity contribution in [3.63, 3.8) is 0 Å². The molecule has 2 aliphatic rings. The molecule has 1 saturated carbocycles. The number of hydrogen-bond donors (Lipinski definition) is 0. The molecular formula is C13H21N3O2S. The van der Waals surface area contributed by atoms with E-state index >= 15 is 0 Å². The zero-order valence-corrected chi connectivity index (χ0v) is 12.4. The van der Waals surface area contributed by atoms with E-state index in [4.69, 9.17) is 0 Å². The first-order chi connectivity index (χ1) is 8.97. The minimum absolute atomic E-state index is 0.413. The van der Waals surface area contributed by atoms with Gasteiger partial charge in [-0.25, -0.2) is 17.7 Å². The largest absolute Gasteiger partial charge is 0.329 e. The first-order valence-electron chi connectivity index (χ1n) is 6.95. The third-order valence-electron chi connectivity index (χ3n) is 4.21. The van der Waals surface area contributed by atoms with Gasteiger partial charge in [-0.2, -0.15) is 0 Å². The number of sulfonamides is 1. The molecule has 0 radical (unpaired) electrons. The van der Waals surface area contributed by atoms with Crippen LogP contribution in [0.15, 0.2) is 6.20 Å². The highest BCUT2D eigenvalue weighted by Gasteiger charge is 2.33. The van der Waals surface area contributed by atoms with Gasteiger partial charge in [0.25, 0.3) is 0 Å². The van der Waals surface area contributed by atoms with Crippen molar-refractivity contribution in [1.29, 1.82) is 0 Å². The molecule has 2 fully saturated rings. The second-order valence-electron chi connectivity index (χ2n) is 5.80. The second kappa shape index (κ2) is 4.59. The number of aromatic nitrogens is 2. The van der Waals surface area contributed by atoms with E-state index in [1.165, 1.54) is 30.6 Å². The SMILES string of the molecule is Cc1cnc(C2CC2)n1C1CCN(S(C)(=O)=O)CC1. The van der Waals surface area contributed by atoms with Gasteiger partial charge in [-0.05, 0) is 32.6 Å². The molecule has 0 atom stereocenters. The number of rotatable bonds is 3. The first kappa shape index (κ1) is 13.1. The summed E-state index contributed by atoms with van der Waals surface area (Å²) in [5.74, 6) is 1.86. The van der Waals surface area contributed by atoms with Crippen LogP contribution < -0.4 is 0 Å². The highest BCUT2D eigenvalue weighted by Crippen LogP contribution is 2.41. The van der Waals surface area contributed by atoms with Crippen LogP contribution in [-0.2, 0) is 10.0 Å². The number of nitrogens with zero attached hydrogens (tertiary/aromatic N) is 3. The average molecular weight is 283 g/mol. The third-order valence-corrected chi connectivity index (χ3v) is 5.51. The van der Waals surface area contributed by atoms with Gasteiger partial charge in [0, 0.05) is 36.9 Å². The van der Waals surface area contributed by atoms with Crippen molar-refractivity contribution < 1.29 is 8.42 Å². The molecule has 1 aromatic heterocycles. The summed E-state index contributed by atoms with van der Waals surface area (Å²) in [6.07, 6.45) is 7.53. The fraction of sp³-hybridized carbons (Fsp3) is 0.769. The predicted molar refractivity (Wildman–Crippen MR) is 73.6 cm³/mol. The Balaban J connectivity index is 1.77. The Kier molecular flexibility index (Phi) is 3.17. The van der Waals surface area contributed by atoms with Crippen LogP contribution in [0.2, 0.25) is 0 Å². The summed E-state index contributed by atoms with van der Waals surface area (Å²) in [5.41, 5.74) is 1.21. The fourth-order valence-corrected chi connectivity index (χ4v) is 3.89. The van der Waals surface area contributed by atoms with E-state index in [9.17, 15) is 8.42 Å².